The van der Waals surface area contributed by atoms with Gasteiger partial charge >= 0.3 is 6.18 Å². The van der Waals surface area contributed by atoms with Gasteiger partial charge in [-0.3, -0.25) is 4.79 Å². The Labute approximate surface area is 224 Å². The van der Waals surface area contributed by atoms with E-state index in [1.807, 2.05) is 6.07 Å². The quantitative estimate of drug-likeness (QED) is 0.448. The molecule has 1 amide bonds. The molecule has 2 aliphatic heterocycles. The SMILES string of the molecule is CC1(C)Oc2ccc(-c3ccc(S(=O)(=O)N4CCC(Nc5ccc(C(F)(F)F)cn5)CC4)cc3)cc2NC1=O. The first-order valence-electron chi connectivity index (χ1n) is 12.4. The van der Waals surface area contributed by atoms with Crippen molar-refractivity contribution in [1.82, 2.24) is 9.29 Å². The molecule has 0 bridgehead atoms. The highest BCUT2D eigenvalue weighted by Crippen LogP contribution is 2.37. The van der Waals surface area contributed by atoms with Crippen LogP contribution >= 0.6 is 0 Å². The Morgan fingerprint density at radius 2 is 1.69 bits per heavy atom. The monoisotopic (exact) mass is 560 g/mol. The van der Waals surface area contributed by atoms with Crippen LogP contribution in [0.15, 0.2) is 65.7 Å². The maximum Gasteiger partial charge on any atom is 0.417 e. The number of sulfonamides is 1. The summed E-state index contributed by atoms with van der Waals surface area (Å²) >= 11 is 0. The largest absolute Gasteiger partial charge is 0.476 e. The second-order valence-corrected chi connectivity index (χ2v) is 12.0. The number of rotatable bonds is 5. The summed E-state index contributed by atoms with van der Waals surface area (Å²) < 4.78 is 71.9. The molecule has 206 valence electrons. The van der Waals surface area contributed by atoms with Crippen LogP contribution in [0.3, 0.4) is 0 Å². The molecule has 0 spiro atoms. The van der Waals surface area contributed by atoms with Crippen molar-refractivity contribution in [2.75, 3.05) is 23.7 Å². The van der Waals surface area contributed by atoms with Crippen LogP contribution in [0.25, 0.3) is 11.1 Å². The molecule has 8 nitrogen and oxygen atoms in total. The summed E-state index contributed by atoms with van der Waals surface area (Å²) in [5.41, 5.74) is 0.342. The normalized spacial score (nSPS) is 18.1. The molecule has 5 rings (SSSR count). The zero-order valence-corrected chi connectivity index (χ0v) is 22.1. The van der Waals surface area contributed by atoms with Crippen LogP contribution < -0.4 is 15.4 Å². The van der Waals surface area contributed by atoms with Crippen molar-refractivity contribution in [3.8, 4) is 16.9 Å². The number of carbonyl (C=O) groups is 1. The summed E-state index contributed by atoms with van der Waals surface area (Å²) in [6.07, 6.45) is -2.70. The molecule has 1 fully saturated rings. The summed E-state index contributed by atoms with van der Waals surface area (Å²) in [6.45, 7) is 3.91. The summed E-state index contributed by atoms with van der Waals surface area (Å²) in [7, 11) is -3.73. The molecular formula is C27H27F3N4O4S. The topological polar surface area (TPSA) is 101 Å². The third-order valence-corrected chi connectivity index (χ3v) is 8.77. The number of piperidine rings is 1. The minimum atomic E-state index is -4.45. The lowest BCUT2D eigenvalue weighted by Gasteiger charge is -2.32. The molecular weight excluding hydrogens is 533 g/mol. The van der Waals surface area contributed by atoms with Crippen LogP contribution in [0, 0.1) is 0 Å². The second-order valence-electron chi connectivity index (χ2n) is 10.1. The molecule has 3 heterocycles. The Hall–Kier alpha value is -3.64. The Bertz CT molecular complexity index is 1480. The van der Waals surface area contributed by atoms with E-state index in [1.54, 1.807) is 50.2 Å². The number of hydrogen-bond acceptors (Lipinski definition) is 6. The highest BCUT2D eigenvalue weighted by molar-refractivity contribution is 7.89. The Balaban J connectivity index is 1.22. The third-order valence-electron chi connectivity index (χ3n) is 6.86. The minimum Gasteiger partial charge on any atom is -0.476 e. The second kappa shape index (κ2) is 9.83. The average molecular weight is 561 g/mol. The van der Waals surface area contributed by atoms with E-state index in [1.165, 1.54) is 10.4 Å². The Morgan fingerprint density at radius 3 is 2.31 bits per heavy atom. The zero-order chi connectivity index (χ0) is 28.0. The number of hydrogen-bond donors (Lipinski definition) is 2. The molecule has 12 heteroatoms. The van der Waals surface area contributed by atoms with Gasteiger partial charge in [0.05, 0.1) is 16.1 Å². The van der Waals surface area contributed by atoms with E-state index >= 15 is 0 Å². The number of ether oxygens (including phenoxy) is 1. The molecule has 2 N–H and O–H groups in total. The van der Waals surface area contributed by atoms with Crippen molar-refractivity contribution < 1.29 is 31.1 Å². The van der Waals surface area contributed by atoms with Crippen molar-refractivity contribution in [3.63, 3.8) is 0 Å². The highest BCUT2D eigenvalue weighted by atomic mass is 32.2. The van der Waals surface area contributed by atoms with E-state index in [4.69, 9.17) is 4.74 Å². The molecule has 39 heavy (non-hydrogen) atoms. The van der Waals surface area contributed by atoms with Crippen LogP contribution in [-0.4, -0.2) is 48.3 Å². The molecule has 2 aliphatic rings. The first-order chi connectivity index (χ1) is 18.3. The third kappa shape index (κ3) is 5.57. The van der Waals surface area contributed by atoms with Crippen LogP contribution in [-0.2, 0) is 21.0 Å². The molecule has 2 aromatic carbocycles. The van der Waals surface area contributed by atoms with Gasteiger partial charge in [0.15, 0.2) is 5.60 Å². The fraction of sp³-hybridized carbons (Fsp3) is 0.333. The molecule has 0 radical (unpaired) electrons. The highest BCUT2D eigenvalue weighted by Gasteiger charge is 2.35. The maximum absolute atomic E-state index is 13.2. The number of nitrogens with zero attached hydrogens (tertiary/aromatic N) is 2. The fourth-order valence-corrected chi connectivity index (χ4v) is 6.02. The minimum absolute atomic E-state index is 0.109. The van der Waals surface area contributed by atoms with E-state index in [0.717, 1.165) is 23.4 Å². The number of aromatic nitrogens is 1. The smallest absolute Gasteiger partial charge is 0.417 e. The zero-order valence-electron chi connectivity index (χ0n) is 21.2. The van der Waals surface area contributed by atoms with Gasteiger partial charge in [-0.15, -0.1) is 0 Å². The number of carbonyl (C=O) groups excluding carboxylic acids is 1. The number of alkyl halides is 3. The number of amides is 1. The summed E-state index contributed by atoms with van der Waals surface area (Å²) in [4.78, 5) is 16.2. The van der Waals surface area contributed by atoms with Crippen molar-refractivity contribution in [1.29, 1.82) is 0 Å². The Kier molecular flexibility index (Phi) is 6.79. The molecule has 3 aromatic rings. The lowest BCUT2D eigenvalue weighted by Crippen LogP contribution is -2.45. The standard InChI is InChI=1S/C27H27F3N4O4S/c1-26(2)25(35)33-22-15-18(5-9-23(22)38-26)17-3-7-21(8-4-17)39(36,37)34-13-11-20(12-14-34)32-24-10-6-19(16-31-24)27(28,29)30/h3-10,15-16,20H,11-14H2,1-2H3,(H,31,32)(H,33,35). The van der Waals surface area contributed by atoms with E-state index in [2.05, 4.69) is 15.6 Å². The number of nitrogens with one attached hydrogen (secondary N) is 2. The lowest BCUT2D eigenvalue weighted by molar-refractivity contribution is -0.137. The lowest BCUT2D eigenvalue weighted by atomic mass is 10.0. The van der Waals surface area contributed by atoms with E-state index < -0.39 is 27.4 Å². The van der Waals surface area contributed by atoms with E-state index in [-0.39, 0.29) is 29.9 Å². The number of anilines is 2. The summed E-state index contributed by atoms with van der Waals surface area (Å²) in [5, 5.41) is 5.94. The fourth-order valence-electron chi connectivity index (χ4n) is 4.56. The summed E-state index contributed by atoms with van der Waals surface area (Å²) in [6, 6.07) is 14.1. The van der Waals surface area contributed by atoms with E-state index in [9.17, 15) is 26.4 Å². The predicted octanol–water partition coefficient (Wildman–Crippen LogP) is 5.14. The van der Waals surface area contributed by atoms with Crippen LogP contribution in [0.5, 0.6) is 5.75 Å². The molecule has 0 atom stereocenters. The van der Waals surface area contributed by atoms with Gasteiger partial charge in [-0.25, -0.2) is 13.4 Å². The van der Waals surface area contributed by atoms with Gasteiger partial charge in [0.25, 0.3) is 5.91 Å². The van der Waals surface area contributed by atoms with Crippen LogP contribution in [0.1, 0.15) is 32.3 Å². The number of fused-ring (bicyclic) bond motifs is 1. The number of halogens is 3. The summed E-state index contributed by atoms with van der Waals surface area (Å²) in [5.74, 6) is 0.634. The first kappa shape index (κ1) is 26.9. The van der Waals surface area contributed by atoms with E-state index in [0.29, 0.717) is 30.1 Å². The first-order valence-corrected chi connectivity index (χ1v) is 13.8. The molecule has 0 unspecified atom stereocenters. The van der Waals surface area contributed by atoms with Crippen molar-refractivity contribution >= 4 is 27.4 Å². The van der Waals surface area contributed by atoms with Gasteiger partial charge in [-0.1, -0.05) is 18.2 Å². The number of pyridine rings is 1. The van der Waals surface area contributed by atoms with Crippen LogP contribution in [0.4, 0.5) is 24.7 Å². The van der Waals surface area contributed by atoms with Crippen molar-refractivity contribution in [2.45, 2.75) is 49.4 Å². The number of benzene rings is 2. The Morgan fingerprint density at radius 1 is 1.03 bits per heavy atom. The van der Waals surface area contributed by atoms with Gasteiger partial charge < -0.3 is 15.4 Å². The van der Waals surface area contributed by atoms with Gasteiger partial charge in [-0.05, 0) is 74.2 Å². The molecule has 1 aromatic heterocycles. The van der Waals surface area contributed by atoms with Crippen molar-refractivity contribution in [3.05, 3.63) is 66.4 Å². The van der Waals surface area contributed by atoms with Gasteiger partial charge in [0.1, 0.15) is 11.6 Å². The molecule has 1 saturated heterocycles. The van der Waals surface area contributed by atoms with Gasteiger partial charge in [0.2, 0.25) is 10.0 Å². The molecule has 0 saturated carbocycles. The van der Waals surface area contributed by atoms with Crippen molar-refractivity contribution in [2.24, 2.45) is 0 Å². The molecule has 0 aliphatic carbocycles. The maximum atomic E-state index is 13.2. The average Bonchev–Trinajstić information content (AvgIpc) is 2.89. The predicted molar refractivity (Wildman–Crippen MR) is 140 cm³/mol. The van der Waals surface area contributed by atoms with Gasteiger partial charge in [0, 0.05) is 25.3 Å². The van der Waals surface area contributed by atoms with Crippen LogP contribution in [0.2, 0.25) is 0 Å². The van der Waals surface area contributed by atoms with Gasteiger partial charge in [-0.2, -0.15) is 17.5 Å².